The average Bonchev–Trinajstić information content (AvgIpc) is 3.53. The quantitative estimate of drug-likeness (QED) is 0.264. The van der Waals surface area contributed by atoms with E-state index in [1.165, 1.54) is 37.8 Å². The minimum Gasteiger partial charge on any atom is -0.387 e. The molecule has 2 fully saturated rings. The molecule has 4 heterocycles. The molecule has 4 N–H and O–H groups in total. The third-order valence-electron chi connectivity index (χ3n) is 7.18. The maximum atomic E-state index is 12.7. The van der Waals surface area contributed by atoms with Crippen molar-refractivity contribution in [2.75, 3.05) is 36.5 Å². The first kappa shape index (κ1) is 28.3. The van der Waals surface area contributed by atoms with Crippen molar-refractivity contribution >= 4 is 40.6 Å². The van der Waals surface area contributed by atoms with Crippen molar-refractivity contribution in [3.63, 3.8) is 0 Å². The van der Waals surface area contributed by atoms with Crippen LogP contribution < -0.4 is 10.6 Å². The third kappa shape index (κ3) is 6.38. The Morgan fingerprint density at radius 1 is 1.07 bits per heavy atom. The molecule has 2 aliphatic rings. The monoisotopic (exact) mass is 569 g/mol. The Kier molecular flexibility index (Phi) is 9.15. The van der Waals surface area contributed by atoms with Gasteiger partial charge in [0.2, 0.25) is 5.91 Å². The van der Waals surface area contributed by atoms with Crippen molar-refractivity contribution in [2.45, 2.75) is 57.3 Å². The number of hydrogen-bond donors (Lipinski definition) is 4. The van der Waals surface area contributed by atoms with Gasteiger partial charge in [0.05, 0.1) is 12.4 Å². The van der Waals surface area contributed by atoms with E-state index in [1.807, 2.05) is 29.2 Å². The number of aromatic nitrogens is 4. The highest BCUT2D eigenvalue weighted by Gasteiger charge is 2.44. The number of amides is 2. The normalized spacial score (nSPS) is 22.9. The molecule has 4 atom stereocenters. The molecule has 13 heteroatoms. The number of hydrogen-bond acceptors (Lipinski definition) is 10. The number of nitrogens with one attached hydrogen (secondary N) is 2. The molecule has 5 rings (SSSR count). The van der Waals surface area contributed by atoms with Crippen molar-refractivity contribution in [2.24, 2.45) is 0 Å². The summed E-state index contributed by atoms with van der Waals surface area (Å²) in [4.78, 5) is 38.8. The summed E-state index contributed by atoms with van der Waals surface area (Å²) in [6.45, 7) is 4.09. The smallest absolute Gasteiger partial charge is 0.253 e. The predicted octanol–water partition coefficient (Wildman–Crippen LogP) is 1.55. The number of anilines is 1. The van der Waals surface area contributed by atoms with E-state index in [0.717, 1.165) is 31.5 Å². The number of imidazole rings is 1. The van der Waals surface area contributed by atoms with Gasteiger partial charge in [0.25, 0.3) is 5.91 Å². The summed E-state index contributed by atoms with van der Waals surface area (Å²) in [5.74, 6) is 1.64. The first-order valence-electron chi connectivity index (χ1n) is 13.6. The van der Waals surface area contributed by atoms with Crippen LogP contribution in [0.2, 0.25) is 0 Å². The molecular weight excluding hydrogens is 534 g/mol. The molecule has 2 aliphatic heterocycles. The molecule has 12 nitrogen and oxygen atoms in total. The molecule has 2 aromatic heterocycles. The van der Waals surface area contributed by atoms with Crippen molar-refractivity contribution in [3.8, 4) is 0 Å². The van der Waals surface area contributed by atoms with E-state index in [0.29, 0.717) is 47.1 Å². The number of aliphatic hydroxyl groups excluding tert-OH is 2. The van der Waals surface area contributed by atoms with Crippen LogP contribution in [0.4, 0.5) is 5.82 Å². The van der Waals surface area contributed by atoms with Gasteiger partial charge in [0, 0.05) is 50.2 Å². The molecule has 40 heavy (non-hydrogen) atoms. The van der Waals surface area contributed by atoms with Crippen LogP contribution in [0.25, 0.3) is 11.2 Å². The number of piperidine rings is 1. The minimum absolute atomic E-state index is 0.0783. The fraction of sp³-hybridized carbons (Fsp3) is 0.519. The van der Waals surface area contributed by atoms with Crippen molar-refractivity contribution in [1.82, 2.24) is 29.7 Å². The van der Waals surface area contributed by atoms with Gasteiger partial charge in [-0.2, -0.15) is 11.8 Å². The van der Waals surface area contributed by atoms with Crippen molar-refractivity contribution in [1.29, 1.82) is 0 Å². The van der Waals surface area contributed by atoms with Crippen LogP contribution in [0.15, 0.2) is 36.9 Å². The summed E-state index contributed by atoms with van der Waals surface area (Å²) in [5.41, 5.74) is 2.65. The zero-order valence-corrected chi connectivity index (χ0v) is 23.2. The minimum atomic E-state index is -1.16. The Bertz CT molecular complexity index is 1310. The zero-order valence-electron chi connectivity index (χ0n) is 22.4. The number of nitrogens with zero attached hydrogens (tertiary/aromatic N) is 5. The molecule has 0 spiro atoms. The Labute approximate surface area is 236 Å². The molecule has 0 radical (unpaired) electrons. The van der Waals surface area contributed by atoms with E-state index >= 15 is 0 Å². The highest BCUT2D eigenvalue weighted by Crippen LogP contribution is 2.33. The molecule has 2 saturated heterocycles. The Balaban J connectivity index is 1.20. The van der Waals surface area contributed by atoms with Gasteiger partial charge in [-0.1, -0.05) is 12.1 Å². The lowest BCUT2D eigenvalue weighted by molar-refractivity contribution is -0.118. The molecule has 0 bridgehead atoms. The lowest BCUT2D eigenvalue weighted by Gasteiger charge is -2.26. The first-order valence-corrected chi connectivity index (χ1v) is 14.7. The largest absolute Gasteiger partial charge is 0.387 e. The maximum absolute atomic E-state index is 12.7. The van der Waals surface area contributed by atoms with E-state index in [9.17, 15) is 19.8 Å². The maximum Gasteiger partial charge on any atom is 0.253 e. The Hall–Kier alpha value is -3.26. The van der Waals surface area contributed by atoms with Crippen LogP contribution in [0.3, 0.4) is 0 Å². The SMILES string of the molecule is CC(=O)NCCSC[C@H]1O[C@@H](n2cnc3c(NCc4ccc(C(=O)N5CCCCC5)cc4)ncnc32)[C@H](O)[C@@H]1O. The number of carbonyl (C=O) groups excluding carboxylic acids is 2. The van der Waals surface area contributed by atoms with E-state index in [1.54, 1.807) is 4.57 Å². The van der Waals surface area contributed by atoms with Gasteiger partial charge in [-0.3, -0.25) is 14.2 Å². The van der Waals surface area contributed by atoms with E-state index < -0.39 is 24.5 Å². The van der Waals surface area contributed by atoms with Crippen LogP contribution in [-0.4, -0.2) is 95.9 Å². The summed E-state index contributed by atoms with van der Waals surface area (Å²) in [5, 5.41) is 27.3. The van der Waals surface area contributed by atoms with Crippen LogP contribution in [-0.2, 0) is 16.1 Å². The number of benzene rings is 1. The molecule has 0 saturated carbocycles. The number of rotatable bonds is 10. The topological polar surface area (TPSA) is 155 Å². The second kappa shape index (κ2) is 12.9. The molecular formula is C27H35N7O5S. The van der Waals surface area contributed by atoms with Gasteiger partial charge in [-0.25, -0.2) is 15.0 Å². The summed E-state index contributed by atoms with van der Waals surface area (Å²) in [6, 6.07) is 7.58. The third-order valence-corrected chi connectivity index (χ3v) is 8.23. The number of likely N-dealkylation sites (tertiary alicyclic amines) is 1. The lowest BCUT2D eigenvalue weighted by atomic mass is 10.1. The van der Waals surface area contributed by atoms with Gasteiger partial charge in [0.15, 0.2) is 23.2 Å². The van der Waals surface area contributed by atoms with Crippen LogP contribution in [0.1, 0.15) is 48.3 Å². The van der Waals surface area contributed by atoms with Crippen molar-refractivity contribution in [3.05, 3.63) is 48.0 Å². The summed E-state index contributed by atoms with van der Waals surface area (Å²) in [7, 11) is 0. The summed E-state index contributed by atoms with van der Waals surface area (Å²) < 4.78 is 7.62. The first-order chi connectivity index (χ1) is 19.4. The molecule has 214 valence electrons. The van der Waals surface area contributed by atoms with Crippen molar-refractivity contribution < 1.29 is 24.5 Å². The van der Waals surface area contributed by atoms with Crippen LogP contribution >= 0.6 is 11.8 Å². The number of aliphatic hydroxyl groups is 2. The zero-order chi connectivity index (χ0) is 28.1. The fourth-order valence-electron chi connectivity index (χ4n) is 4.99. The fourth-order valence-corrected chi connectivity index (χ4v) is 5.91. The van der Waals surface area contributed by atoms with Crippen LogP contribution in [0, 0.1) is 0 Å². The summed E-state index contributed by atoms with van der Waals surface area (Å²) in [6.07, 6.45) is 2.58. The molecule has 0 aliphatic carbocycles. The van der Waals surface area contributed by atoms with Gasteiger partial charge in [-0.15, -0.1) is 0 Å². The lowest BCUT2D eigenvalue weighted by Crippen LogP contribution is -2.35. The Morgan fingerprint density at radius 3 is 2.60 bits per heavy atom. The molecule has 0 unspecified atom stereocenters. The Morgan fingerprint density at radius 2 is 1.85 bits per heavy atom. The number of fused-ring (bicyclic) bond motifs is 1. The summed E-state index contributed by atoms with van der Waals surface area (Å²) >= 11 is 1.53. The molecule has 1 aromatic carbocycles. The van der Waals surface area contributed by atoms with Gasteiger partial charge < -0.3 is 30.5 Å². The second-order valence-corrected chi connectivity index (χ2v) is 11.2. The average molecular weight is 570 g/mol. The highest BCUT2D eigenvalue weighted by molar-refractivity contribution is 7.99. The second-order valence-electron chi connectivity index (χ2n) is 10.1. The van der Waals surface area contributed by atoms with Gasteiger partial charge >= 0.3 is 0 Å². The molecule has 2 amide bonds. The van der Waals surface area contributed by atoms with Gasteiger partial charge in [-0.05, 0) is 37.0 Å². The molecule has 3 aromatic rings. The number of thioether (sulfide) groups is 1. The van der Waals surface area contributed by atoms with Gasteiger partial charge in [0.1, 0.15) is 18.5 Å². The van der Waals surface area contributed by atoms with E-state index in [-0.39, 0.29) is 11.8 Å². The highest BCUT2D eigenvalue weighted by atomic mass is 32.2. The van der Waals surface area contributed by atoms with Crippen LogP contribution in [0.5, 0.6) is 0 Å². The van der Waals surface area contributed by atoms with E-state index in [4.69, 9.17) is 4.74 Å². The number of ether oxygens (including phenoxy) is 1. The number of carbonyl (C=O) groups is 2. The standard InChI is InChI=1S/C27H35N7O5S/c1-17(35)28-9-12-40-14-20-22(36)23(37)27(39-20)34-16-32-21-24(30-15-31-25(21)34)29-13-18-5-7-19(8-6-18)26(38)33-10-3-2-4-11-33/h5-8,15-16,20,22-23,27,36-37H,2-4,9-14H2,1H3,(H,28,35)(H,29,30,31)/t20-,22-,23-,27-/m1/s1. The van der Waals surface area contributed by atoms with E-state index in [2.05, 4.69) is 25.6 Å². The predicted molar refractivity (Wildman–Crippen MR) is 151 cm³/mol.